The molecule has 1 saturated heterocycles. The van der Waals surface area contributed by atoms with Crippen LogP contribution >= 0.6 is 11.3 Å². The summed E-state index contributed by atoms with van der Waals surface area (Å²) in [6.07, 6.45) is 1.99. The van der Waals surface area contributed by atoms with E-state index in [0.717, 1.165) is 17.0 Å². The molecule has 1 atom stereocenters. The molecule has 5 rings (SSSR count). The van der Waals surface area contributed by atoms with Crippen LogP contribution in [0.2, 0.25) is 0 Å². The molecule has 2 aromatic carbocycles. The summed E-state index contributed by atoms with van der Waals surface area (Å²) in [5.41, 5.74) is 15.9. The zero-order chi connectivity index (χ0) is 26.1. The van der Waals surface area contributed by atoms with Gasteiger partial charge in [0.15, 0.2) is 0 Å². The second-order valence-corrected chi connectivity index (χ2v) is 9.51. The Morgan fingerprint density at radius 1 is 1.08 bits per heavy atom. The van der Waals surface area contributed by atoms with Crippen LogP contribution in [0.4, 0.5) is 22.1 Å². The molecule has 0 spiro atoms. The van der Waals surface area contributed by atoms with Crippen LogP contribution in [0.15, 0.2) is 60.8 Å². The number of nitrogens with one attached hydrogen (secondary N) is 2. The van der Waals surface area contributed by atoms with Crippen LogP contribution in [0, 0.1) is 6.92 Å². The van der Waals surface area contributed by atoms with E-state index in [0.29, 0.717) is 45.4 Å². The number of rotatable bonds is 7. The van der Waals surface area contributed by atoms with E-state index in [1.807, 2.05) is 37.3 Å². The number of carbonyl (C=O) groups excluding carboxylic acids is 3. The van der Waals surface area contributed by atoms with Crippen LogP contribution < -0.4 is 22.1 Å². The van der Waals surface area contributed by atoms with Crippen molar-refractivity contribution in [3.63, 3.8) is 0 Å². The molecule has 1 aliphatic heterocycles. The number of amides is 1. The van der Waals surface area contributed by atoms with Crippen LogP contribution in [-0.4, -0.2) is 40.1 Å². The number of cyclic esters (lactones) is 1. The highest BCUT2D eigenvalue weighted by atomic mass is 32.1. The molecule has 1 amide bonds. The van der Waals surface area contributed by atoms with Gasteiger partial charge in [-0.25, -0.2) is 9.48 Å². The fourth-order valence-electron chi connectivity index (χ4n) is 4.01. The average Bonchev–Trinajstić information content (AvgIpc) is 3.58. The molecule has 6 N–H and O–H groups in total. The first-order chi connectivity index (χ1) is 17.8. The van der Waals surface area contributed by atoms with Gasteiger partial charge in [0, 0.05) is 17.7 Å². The first-order valence-corrected chi connectivity index (χ1v) is 12.3. The quantitative estimate of drug-likeness (QED) is 0.215. The minimum atomic E-state index is -0.626. The SMILES string of the molecule is Cc1c(C(=O)c2sc(Nc3ccc(C(=O)NC4CCOC4=O)cc3)c(N)c2N)cnn1-c1ccccc1. The number of esters is 1. The number of ether oxygens (including phenoxy) is 1. The van der Waals surface area contributed by atoms with Gasteiger partial charge >= 0.3 is 5.97 Å². The monoisotopic (exact) mass is 516 g/mol. The summed E-state index contributed by atoms with van der Waals surface area (Å²) in [6.45, 7) is 2.13. The molecular formula is C26H24N6O4S. The summed E-state index contributed by atoms with van der Waals surface area (Å²) in [7, 11) is 0. The molecule has 1 unspecified atom stereocenters. The standard InChI is InChI=1S/C26H24N6O4S/c1-14-18(13-29-32(14)17-5-3-2-4-6-17)22(33)23-20(27)21(28)25(37-23)30-16-9-7-15(8-10-16)24(34)31-19-11-12-36-26(19)35/h2-10,13,19,30H,11-12,27-28H2,1H3,(H,31,34). The highest BCUT2D eigenvalue weighted by Gasteiger charge is 2.28. The van der Waals surface area contributed by atoms with E-state index in [2.05, 4.69) is 15.7 Å². The minimum Gasteiger partial charge on any atom is -0.464 e. The van der Waals surface area contributed by atoms with Gasteiger partial charge in [0.05, 0.1) is 41.1 Å². The molecule has 0 bridgehead atoms. The van der Waals surface area contributed by atoms with Crippen molar-refractivity contribution >= 4 is 51.1 Å². The number of carbonyl (C=O) groups is 3. The highest BCUT2D eigenvalue weighted by Crippen LogP contribution is 2.41. The first-order valence-electron chi connectivity index (χ1n) is 11.5. The predicted molar refractivity (Wildman–Crippen MR) is 141 cm³/mol. The van der Waals surface area contributed by atoms with Crippen molar-refractivity contribution in [3.8, 4) is 5.69 Å². The Morgan fingerprint density at radius 3 is 2.49 bits per heavy atom. The molecule has 188 valence electrons. The van der Waals surface area contributed by atoms with E-state index in [1.54, 1.807) is 28.9 Å². The molecular weight excluding hydrogens is 492 g/mol. The van der Waals surface area contributed by atoms with Gasteiger partial charge < -0.3 is 26.8 Å². The lowest BCUT2D eigenvalue weighted by molar-refractivity contribution is -0.139. The number of benzene rings is 2. The summed E-state index contributed by atoms with van der Waals surface area (Å²) < 4.78 is 6.57. The molecule has 0 saturated carbocycles. The van der Waals surface area contributed by atoms with Crippen LogP contribution in [0.1, 0.15) is 37.7 Å². The maximum Gasteiger partial charge on any atom is 0.328 e. The van der Waals surface area contributed by atoms with E-state index < -0.39 is 12.0 Å². The number of thiophene rings is 1. The predicted octanol–water partition coefficient (Wildman–Crippen LogP) is 3.43. The Balaban J connectivity index is 1.32. The second-order valence-electron chi connectivity index (χ2n) is 8.49. The lowest BCUT2D eigenvalue weighted by atomic mass is 10.1. The van der Waals surface area contributed by atoms with Crippen molar-refractivity contribution in [1.82, 2.24) is 15.1 Å². The number of anilines is 4. The summed E-state index contributed by atoms with van der Waals surface area (Å²) in [5, 5.41) is 10.7. The molecule has 10 nitrogen and oxygen atoms in total. The topological polar surface area (TPSA) is 154 Å². The van der Waals surface area contributed by atoms with E-state index in [9.17, 15) is 14.4 Å². The number of nitrogens with zero attached hydrogens (tertiary/aromatic N) is 2. The molecule has 2 aromatic heterocycles. The molecule has 37 heavy (non-hydrogen) atoms. The summed E-state index contributed by atoms with van der Waals surface area (Å²) in [5.74, 6) is -1.06. The maximum atomic E-state index is 13.4. The number of hydrogen-bond acceptors (Lipinski definition) is 9. The van der Waals surface area contributed by atoms with Crippen LogP contribution in [-0.2, 0) is 9.53 Å². The molecule has 3 heterocycles. The Hall–Kier alpha value is -4.64. The third-order valence-corrected chi connectivity index (χ3v) is 7.23. The lowest BCUT2D eigenvalue weighted by Gasteiger charge is -2.10. The fourth-order valence-corrected chi connectivity index (χ4v) is 5.02. The van der Waals surface area contributed by atoms with Crippen molar-refractivity contribution in [1.29, 1.82) is 0 Å². The normalized spacial score (nSPS) is 14.8. The van der Waals surface area contributed by atoms with Crippen molar-refractivity contribution in [2.45, 2.75) is 19.4 Å². The zero-order valence-electron chi connectivity index (χ0n) is 19.9. The van der Waals surface area contributed by atoms with E-state index in [-0.39, 0.29) is 23.1 Å². The van der Waals surface area contributed by atoms with Crippen molar-refractivity contribution in [2.75, 3.05) is 23.4 Å². The van der Waals surface area contributed by atoms with Gasteiger partial charge in [-0.05, 0) is 43.3 Å². The number of nitrogen functional groups attached to an aromatic ring is 2. The first kappa shape index (κ1) is 24.1. The van der Waals surface area contributed by atoms with Crippen LogP contribution in [0.25, 0.3) is 5.69 Å². The van der Waals surface area contributed by atoms with Gasteiger partial charge in [0.2, 0.25) is 5.78 Å². The van der Waals surface area contributed by atoms with Crippen molar-refractivity contribution < 1.29 is 19.1 Å². The Kier molecular flexibility index (Phi) is 6.36. The van der Waals surface area contributed by atoms with Gasteiger partial charge in [-0.2, -0.15) is 5.10 Å². The number of aromatic nitrogens is 2. The molecule has 1 fully saturated rings. The maximum absolute atomic E-state index is 13.4. The van der Waals surface area contributed by atoms with Gasteiger partial charge in [-0.1, -0.05) is 18.2 Å². The second kappa shape index (κ2) is 9.78. The molecule has 0 aliphatic carbocycles. The van der Waals surface area contributed by atoms with Gasteiger partial charge in [-0.3, -0.25) is 9.59 Å². The largest absolute Gasteiger partial charge is 0.464 e. The third-order valence-electron chi connectivity index (χ3n) is 6.09. The highest BCUT2D eigenvalue weighted by molar-refractivity contribution is 7.19. The lowest BCUT2D eigenvalue weighted by Crippen LogP contribution is -2.37. The zero-order valence-corrected chi connectivity index (χ0v) is 20.7. The summed E-state index contributed by atoms with van der Waals surface area (Å²) >= 11 is 1.15. The van der Waals surface area contributed by atoms with Crippen molar-refractivity contribution in [3.05, 3.63) is 82.5 Å². The van der Waals surface area contributed by atoms with Crippen LogP contribution in [0.3, 0.4) is 0 Å². The fraction of sp³-hybridized carbons (Fsp3) is 0.154. The van der Waals surface area contributed by atoms with E-state index in [4.69, 9.17) is 16.2 Å². The van der Waals surface area contributed by atoms with Crippen LogP contribution in [0.5, 0.6) is 0 Å². The Labute approximate surface area is 216 Å². The van der Waals surface area contributed by atoms with Crippen molar-refractivity contribution in [2.24, 2.45) is 0 Å². The minimum absolute atomic E-state index is 0.198. The summed E-state index contributed by atoms with van der Waals surface area (Å²) in [6, 6.07) is 15.6. The smallest absolute Gasteiger partial charge is 0.328 e. The number of para-hydroxylation sites is 1. The molecule has 1 aliphatic rings. The van der Waals surface area contributed by atoms with Gasteiger partial charge in [0.25, 0.3) is 5.91 Å². The number of hydrogen-bond donors (Lipinski definition) is 4. The number of ketones is 1. The van der Waals surface area contributed by atoms with E-state index in [1.165, 1.54) is 6.20 Å². The van der Waals surface area contributed by atoms with E-state index >= 15 is 0 Å². The average molecular weight is 517 g/mol. The summed E-state index contributed by atoms with van der Waals surface area (Å²) in [4.78, 5) is 37.7. The van der Waals surface area contributed by atoms with Gasteiger partial charge in [0.1, 0.15) is 15.9 Å². The number of nitrogens with two attached hydrogens (primary N) is 2. The molecule has 11 heteroatoms. The Morgan fingerprint density at radius 2 is 1.81 bits per heavy atom. The Bertz CT molecular complexity index is 1490. The molecule has 4 aromatic rings. The third kappa shape index (κ3) is 4.64. The van der Waals surface area contributed by atoms with Gasteiger partial charge in [-0.15, -0.1) is 11.3 Å². The molecule has 0 radical (unpaired) electrons.